The Hall–Kier alpha value is -1.10. The molecule has 1 saturated carbocycles. The summed E-state index contributed by atoms with van der Waals surface area (Å²) in [6.45, 7) is 0.821. The highest BCUT2D eigenvalue weighted by atomic mass is 16.4. The Kier molecular flexibility index (Phi) is 2.42. The van der Waals surface area contributed by atoms with Crippen LogP contribution in [0, 0.1) is 5.41 Å². The van der Waals surface area contributed by atoms with Crippen molar-refractivity contribution in [2.24, 2.45) is 5.41 Å². The lowest BCUT2D eigenvalue weighted by Gasteiger charge is -2.36. The average Bonchev–Trinajstić information content (AvgIpc) is 2.42. The molecular weight excluding hydrogens is 198 g/mol. The van der Waals surface area contributed by atoms with E-state index in [0.717, 1.165) is 0 Å². The predicted molar refractivity (Wildman–Crippen MR) is 51.5 cm³/mol. The molecule has 0 aromatic heterocycles. The second kappa shape index (κ2) is 3.48. The van der Waals surface area contributed by atoms with Crippen LogP contribution in [0.2, 0.25) is 0 Å². The number of ketones is 1. The number of amides is 1. The van der Waals surface area contributed by atoms with Crippen LogP contribution in [0.4, 0.5) is 4.79 Å². The van der Waals surface area contributed by atoms with Gasteiger partial charge in [0.1, 0.15) is 5.78 Å². The molecule has 2 N–H and O–H groups in total. The fourth-order valence-corrected chi connectivity index (χ4v) is 2.68. The maximum absolute atomic E-state index is 11.7. The van der Waals surface area contributed by atoms with Crippen molar-refractivity contribution in [3.8, 4) is 0 Å². The number of Topliss-reactive ketones (excluding diaryl/α,β-unsaturated/α-hetero) is 1. The smallest absolute Gasteiger partial charge is 0.407 e. The molecule has 2 aliphatic rings. The lowest BCUT2D eigenvalue weighted by Crippen LogP contribution is -2.44. The van der Waals surface area contributed by atoms with Crippen LogP contribution in [-0.4, -0.2) is 46.2 Å². The van der Waals surface area contributed by atoms with Crippen LogP contribution in [0.3, 0.4) is 0 Å². The molecule has 15 heavy (non-hydrogen) atoms. The molecule has 1 heterocycles. The quantitative estimate of drug-likeness (QED) is 0.613. The Morgan fingerprint density at radius 1 is 1.40 bits per heavy atom. The summed E-state index contributed by atoms with van der Waals surface area (Å²) in [5.74, 6) is 0.111. The highest BCUT2D eigenvalue weighted by molar-refractivity contribution is 5.87. The first kappa shape index (κ1) is 10.4. The number of aliphatic hydroxyl groups is 1. The van der Waals surface area contributed by atoms with E-state index in [2.05, 4.69) is 0 Å². The molecule has 2 rings (SSSR count). The van der Waals surface area contributed by atoms with Gasteiger partial charge in [-0.15, -0.1) is 0 Å². The molecule has 1 aliphatic heterocycles. The molecule has 1 atom stereocenters. The zero-order valence-corrected chi connectivity index (χ0v) is 8.48. The van der Waals surface area contributed by atoms with Crippen molar-refractivity contribution in [2.45, 2.75) is 31.8 Å². The zero-order valence-electron chi connectivity index (χ0n) is 8.48. The molecule has 1 spiro atoms. The number of carbonyl (C=O) groups is 2. The van der Waals surface area contributed by atoms with Gasteiger partial charge in [0.2, 0.25) is 0 Å². The lowest BCUT2D eigenvalue weighted by molar-refractivity contribution is -0.128. The summed E-state index contributed by atoms with van der Waals surface area (Å²) >= 11 is 0. The van der Waals surface area contributed by atoms with Crippen LogP contribution in [0.5, 0.6) is 0 Å². The molecule has 1 unspecified atom stereocenters. The monoisotopic (exact) mass is 213 g/mol. The van der Waals surface area contributed by atoms with Gasteiger partial charge < -0.3 is 15.1 Å². The van der Waals surface area contributed by atoms with E-state index in [1.54, 1.807) is 0 Å². The molecule has 84 valence electrons. The third-order valence-electron chi connectivity index (χ3n) is 3.63. The summed E-state index contributed by atoms with van der Waals surface area (Å²) in [6.07, 6.45) is 0.446. The molecule has 0 radical (unpaired) electrons. The molecule has 1 aliphatic carbocycles. The number of nitrogens with zero attached hydrogens (tertiary/aromatic N) is 1. The van der Waals surface area contributed by atoms with Crippen molar-refractivity contribution in [3.05, 3.63) is 0 Å². The van der Waals surface area contributed by atoms with Crippen molar-refractivity contribution in [1.29, 1.82) is 0 Å². The number of carbonyl (C=O) groups excluding carboxylic acids is 1. The van der Waals surface area contributed by atoms with Gasteiger partial charge in [0.05, 0.1) is 6.10 Å². The van der Waals surface area contributed by atoms with Crippen LogP contribution in [-0.2, 0) is 4.79 Å². The molecule has 2 fully saturated rings. The van der Waals surface area contributed by atoms with Crippen molar-refractivity contribution in [3.63, 3.8) is 0 Å². The molecule has 0 bridgehead atoms. The van der Waals surface area contributed by atoms with Gasteiger partial charge in [0, 0.05) is 24.9 Å². The summed E-state index contributed by atoms with van der Waals surface area (Å²) in [4.78, 5) is 23.7. The highest BCUT2D eigenvalue weighted by Crippen LogP contribution is 2.43. The van der Waals surface area contributed by atoms with Crippen molar-refractivity contribution in [1.82, 2.24) is 4.90 Å². The molecule has 1 saturated heterocycles. The Bertz CT molecular complexity index is 294. The fraction of sp³-hybridized carbons (Fsp3) is 0.800. The van der Waals surface area contributed by atoms with Crippen molar-refractivity contribution < 1.29 is 19.8 Å². The minimum absolute atomic E-state index is 0.111. The van der Waals surface area contributed by atoms with Gasteiger partial charge in [0.15, 0.2) is 0 Å². The van der Waals surface area contributed by atoms with E-state index in [4.69, 9.17) is 5.11 Å². The molecule has 0 aromatic rings. The number of hydrogen-bond acceptors (Lipinski definition) is 3. The van der Waals surface area contributed by atoms with Crippen molar-refractivity contribution in [2.75, 3.05) is 13.1 Å². The lowest BCUT2D eigenvalue weighted by atomic mass is 9.76. The van der Waals surface area contributed by atoms with E-state index in [-0.39, 0.29) is 12.2 Å². The van der Waals surface area contributed by atoms with Crippen LogP contribution < -0.4 is 0 Å². The van der Waals surface area contributed by atoms with E-state index >= 15 is 0 Å². The van der Waals surface area contributed by atoms with Gasteiger partial charge >= 0.3 is 6.09 Å². The maximum Gasteiger partial charge on any atom is 0.407 e. The summed E-state index contributed by atoms with van der Waals surface area (Å²) in [5.41, 5.74) is -0.425. The summed E-state index contributed by atoms with van der Waals surface area (Å²) in [6, 6.07) is 0. The van der Waals surface area contributed by atoms with E-state index < -0.39 is 17.6 Å². The van der Waals surface area contributed by atoms with Gasteiger partial charge in [-0.25, -0.2) is 4.79 Å². The Labute approximate surface area is 87.7 Å². The van der Waals surface area contributed by atoms with Gasteiger partial charge in [-0.05, 0) is 19.3 Å². The standard InChI is InChI=1S/C10H15NO4/c12-7-5-8(13)10(6-7)1-3-11(4-2-10)9(14)15/h7,12H,1-6H2,(H,14,15). The highest BCUT2D eigenvalue weighted by Gasteiger charge is 2.48. The minimum Gasteiger partial charge on any atom is -0.465 e. The number of piperidine rings is 1. The first-order valence-corrected chi connectivity index (χ1v) is 5.23. The first-order valence-electron chi connectivity index (χ1n) is 5.23. The SMILES string of the molecule is O=C(O)N1CCC2(CC1)CC(O)CC2=O. The second-order valence-electron chi connectivity index (χ2n) is 4.54. The second-order valence-corrected chi connectivity index (χ2v) is 4.54. The van der Waals surface area contributed by atoms with Crippen molar-refractivity contribution >= 4 is 11.9 Å². The van der Waals surface area contributed by atoms with E-state index in [0.29, 0.717) is 32.4 Å². The summed E-state index contributed by atoms with van der Waals surface area (Å²) < 4.78 is 0. The van der Waals surface area contributed by atoms with Gasteiger partial charge in [0.25, 0.3) is 0 Å². The van der Waals surface area contributed by atoms with Crippen LogP contribution in [0.1, 0.15) is 25.7 Å². The van der Waals surface area contributed by atoms with Gasteiger partial charge in [-0.2, -0.15) is 0 Å². The van der Waals surface area contributed by atoms with E-state index in [9.17, 15) is 14.7 Å². The van der Waals surface area contributed by atoms with E-state index in [1.165, 1.54) is 4.90 Å². The predicted octanol–water partition coefficient (Wildman–Crippen LogP) is 0.470. The average molecular weight is 213 g/mol. The molecule has 5 nitrogen and oxygen atoms in total. The van der Waals surface area contributed by atoms with Crippen LogP contribution >= 0.6 is 0 Å². The van der Waals surface area contributed by atoms with Crippen LogP contribution in [0.15, 0.2) is 0 Å². The largest absolute Gasteiger partial charge is 0.465 e. The number of aliphatic hydroxyl groups excluding tert-OH is 1. The summed E-state index contributed by atoms with van der Waals surface area (Å²) in [5, 5.41) is 18.2. The Morgan fingerprint density at radius 2 is 2.00 bits per heavy atom. The Balaban J connectivity index is 2.03. The van der Waals surface area contributed by atoms with Gasteiger partial charge in [-0.3, -0.25) is 4.79 Å². The number of hydrogen-bond donors (Lipinski definition) is 2. The third-order valence-corrected chi connectivity index (χ3v) is 3.63. The number of likely N-dealkylation sites (tertiary alicyclic amines) is 1. The number of carboxylic acid groups (broad SMARTS) is 1. The topological polar surface area (TPSA) is 77.8 Å². The normalized spacial score (nSPS) is 29.8. The summed E-state index contributed by atoms with van der Waals surface area (Å²) in [7, 11) is 0. The molecule has 1 amide bonds. The zero-order chi connectivity index (χ0) is 11.1. The van der Waals surface area contributed by atoms with Gasteiger partial charge in [-0.1, -0.05) is 0 Å². The Morgan fingerprint density at radius 3 is 2.40 bits per heavy atom. The first-order chi connectivity index (χ1) is 7.03. The molecule has 0 aromatic carbocycles. The third kappa shape index (κ3) is 1.71. The van der Waals surface area contributed by atoms with Crippen LogP contribution in [0.25, 0.3) is 0 Å². The molecule has 5 heteroatoms. The minimum atomic E-state index is -0.921. The number of rotatable bonds is 0. The fourth-order valence-electron chi connectivity index (χ4n) is 2.68. The van der Waals surface area contributed by atoms with E-state index in [1.807, 2.05) is 0 Å². The molecular formula is C10H15NO4. The maximum atomic E-state index is 11.7.